The summed E-state index contributed by atoms with van der Waals surface area (Å²) >= 11 is 12.4. The van der Waals surface area contributed by atoms with Crippen LogP contribution in [0.4, 0.5) is 11.6 Å². The summed E-state index contributed by atoms with van der Waals surface area (Å²) in [5.41, 5.74) is 2.57. The van der Waals surface area contributed by atoms with Gasteiger partial charge in [-0.1, -0.05) is 32.8 Å². The monoisotopic (exact) mass is 363 g/mol. The number of fused-ring (bicyclic) bond motifs is 2. The van der Waals surface area contributed by atoms with Crippen LogP contribution in [0.1, 0.15) is 11.1 Å². The Bertz CT molecular complexity index is 972. The highest BCUT2D eigenvalue weighted by molar-refractivity contribution is 6.35. The van der Waals surface area contributed by atoms with Gasteiger partial charge in [-0.05, 0) is 40.7 Å². The standard InChI is InChI=1S/C15H11Cl2N5O2/c16-10-5-9-3-4-20(8-11(9)12(17)6-10)14-2-1-13-18-7-15(22(23)24)21(13)19-14/h1-2,5-7H,3-4,8H2. The van der Waals surface area contributed by atoms with Crippen LogP contribution in [0.3, 0.4) is 0 Å². The van der Waals surface area contributed by atoms with E-state index in [-0.39, 0.29) is 5.82 Å². The molecular weight excluding hydrogens is 353 g/mol. The Labute approximate surface area is 146 Å². The largest absolute Gasteiger partial charge is 0.368 e. The Balaban J connectivity index is 1.73. The zero-order chi connectivity index (χ0) is 16.8. The number of halogens is 2. The summed E-state index contributed by atoms with van der Waals surface area (Å²) in [6.45, 7) is 1.30. The van der Waals surface area contributed by atoms with E-state index in [4.69, 9.17) is 23.2 Å². The molecule has 0 saturated carbocycles. The van der Waals surface area contributed by atoms with Gasteiger partial charge in [0.2, 0.25) is 5.65 Å². The van der Waals surface area contributed by atoms with Crippen molar-refractivity contribution in [2.75, 3.05) is 11.4 Å². The minimum atomic E-state index is -0.499. The first-order valence-electron chi connectivity index (χ1n) is 7.24. The fourth-order valence-corrected chi connectivity index (χ4v) is 3.52. The summed E-state index contributed by atoms with van der Waals surface area (Å²) < 4.78 is 1.24. The zero-order valence-corrected chi connectivity index (χ0v) is 13.8. The maximum absolute atomic E-state index is 11.1. The van der Waals surface area contributed by atoms with Crippen LogP contribution in [0, 0.1) is 10.1 Å². The molecule has 1 aromatic carbocycles. The third-order valence-corrected chi connectivity index (χ3v) is 4.65. The predicted molar refractivity (Wildman–Crippen MR) is 90.9 cm³/mol. The van der Waals surface area contributed by atoms with Crippen LogP contribution in [0.2, 0.25) is 10.0 Å². The number of hydrogen-bond donors (Lipinski definition) is 0. The maximum Gasteiger partial charge on any atom is 0.368 e. The van der Waals surface area contributed by atoms with E-state index in [9.17, 15) is 10.1 Å². The van der Waals surface area contributed by atoms with Gasteiger partial charge in [-0.2, -0.15) is 0 Å². The second-order valence-corrected chi connectivity index (χ2v) is 6.38. The molecule has 122 valence electrons. The van der Waals surface area contributed by atoms with Crippen LogP contribution >= 0.6 is 23.2 Å². The van der Waals surface area contributed by atoms with Crippen molar-refractivity contribution in [2.45, 2.75) is 13.0 Å². The first kappa shape index (κ1) is 15.2. The SMILES string of the molecule is O=[N+]([O-])c1cnc2ccc(N3CCc4cc(Cl)cc(Cl)c4C3)nn12. The van der Waals surface area contributed by atoms with Gasteiger partial charge in [-0.15, -0.1) is 0 Å². The Morgan fingerprint density at radius 3 is 2.88 bits per heavy atom. The van der Waals surface area contributed by atoms with E-state index in [1.165, 1.54) is 10.7 Å². The fraction of sp³-hybridized carbons (Fsp3) is 0.200. The molecule has 0 bridgehead atoms. The number of anilines is 1. The summed E-state index contributed by atoms with van der Waals surface area (Å²) in [5.74, 6) is 0.481. The van der Waals surface area contributed by atoms with Gasteiger partial charge in [-0.25, -0.2) is 4.98 Å². The van der Waals surface area contributed by atoms with Gasteiger partial charge in [-0.3, -0.25) is 0 Å². The van der Waals surface area contributed by atoms with E-state index in [0.717, 1.165) is 24.1 Å². The van der Waals surface area contributed by atoms with E-state index in [2.05, 4.69) is 10.1 Å². The molecule has 0 fully saturated rings. The summed E-state index contributed by atoms with van der Waals surface area (Å²) in [6, 6.07) is 7.18. The highest BCUT2D eigenvalue weighted by atomic mass is 35.5. The third-order valence-electron chi connectivity index (χ3n) is 4.09. The van der Waals surface area contributed by atoms with Crippen molar-refractivity contribution in [2.24, 2.45) is 0 Å². The molecule has 1 aliphatic heterocycles. The molecule has 3 aromatic rings. The van der Waals surface area contributed by atoms with Crippen molar-refractivity contribution >= 4 is 40.5 Å². The van der Waals surface area contributed by atoms with Gasteiger partial charge in [0.05, 0.1) is 0 Å². The van der Waals surface area contributed by atoms with E-state index in [1.54, 1.807) is 18.2 Å². The van der Waals surface area contributed by atoms with E-state index in [1.807, 2.05) is 11.0 Å². The molecule has 4 rings (SSSR count). The normalized spacial score (nSPS) is 14.0. The lowest BCUT2D eigenvalue weighted by molar-refractivity contribution is -0.391. The molecule has 0 spiro atoms. The topological polar surface area (TPSA) is 76.6 Å². The molecule has 1 aliphatic rings. The number of rotatable bonds is 2. The van der Waals surface area contributed by atoms with Crippen molar-refractivity contribution in [3.05, 3.63) is 61.7 Å². The second-order valence-electron chi connectivity index (χ2n) is 5.53. The van der Waals surface area contributed by atoms with E-state index >= 15 is 0 Å². The summed E-state index contributed by atoms with van der Waals surface area (Å²) in [7, 11) is 0. The van der Waals surface area contributed by atoms with E-state index < -0.39 is 4.92 Å². The molecule has 3 heterocycles. The van der Waals surface area contributed by atoms with Crippen molar-refractivity contribution < 1.29 is 4.92 Å². The van der Waals surface area contributed by atoms with Crippen LogP contribution in [0.5, 0.6) is 0 Å². The van der Waals surface area contributed by atoms with Crippen molar-refractivity contribution in [1.29, 1.82) is 0 Å². The molecule has 7 nitrogen and oxygen atoms in total. The van der Waals surface area contributed by atoms with E-state index in [0.29, 0.717) is 28.1 Å². The van der Waals surface area contributed by atoms with Crippen LogP contribution in [-0.4, -0.2) is 26.1 Å². The fourth-order valence-electron chi connectivity index (χ4n) is 2.92. The number of benzene rings is 1. The summed E-state index contributed by atoms with van der Waals surface area (Å²) in [4.78, 5) is 16.6. The third kappa shape index (κ3) is 2.46. The lowest BCUT2D eigenvalue weighted by Gasteiger charge is -2.29. The highest BCUT2D eigenvalue weighted by Crippen LogP contribution is 2.31. The predicted octanol–water partition coefficient (Wildman–Crippen LogP) is 3.51. The average molecular weight is 364 g/mol. The summed E-state index contributed by atoms with van der Waals surface area (Å²) in [5, 5.41) is 16.7. The molecule has 0 saturated heterocycles. The second kappa shape index (κ2) is 5.61. The number of hydrogen-bond acceptors (Lipinski definition) is 5. The van der Waals surface area contributed by atoms with Gasteiger partial charge in [0.15, 0.2) is 5.82 Å². The summed E-state index contributed by atoms with van der Waals surface area (Å²) in [6.07, 6.45) is 1.98. The Morgan fingerprint density at radius 2 is 2.08 bits per heavy atom. The van der Waals surface area contributed by atoms with Gasteiger partial charge >= 0.3 is 5.82 Å². The van der Waals surface area contributed by atoms with Crippen LogP contribution in [-0.2, 0) is 13.0 Å². The Hall–Kier alpha value is -2.38. The van der Waals surface area contributed by atoms with Crippen molar-refractivity contribution in [1.82, 2.24) is 14.6 Å². The molecule has 0 aliphatic carbocycles. The smallest absolute Gasteiger partial charge is 0.358 e. The van der Waals surface area contributed by atoms with Gasteiger partial charge in [0.25, 0.3) is 0 Å². The quantitative estimate of drug-likeness (QED) is 0.514. The minimum absolute atomic E-state index is 0.158. The molecule has 0 radical (unpaired) electrons. The number of imidazole rings is 1. The van der Waals surface area contributed by atoms with Gasteiger partial charge in [0.1, 0.15) is 6.20 Å². The van der Waals surface area contributed by atoms with Crippen LogP contribution in [0.25, 0.3) is 5.65 Å². The highest BCUT2D eigenvalue weighted by Gasteiger charge is 2.23. The molecule has 2 aromatic heterocycles. The lowest BCUT2D eigenvalue weighted by atomic mass is 10.00. The first-order valence-corrected chi connectivity index (χ1v) is 7.99. The number of nitro groups is 1. The first-order chi connectivity index (χ1) is 11.5. The molecule has 24 heavy (non-hydrogen) atoms. The molecular formula is C15H11Cl2N5O2. The Kier molecular flexibility index (Phi) is 3.54. The van der Waals surface area contributed by atoms with Gasteiger partial charge < -0.3 is 15.0 Å². The van der Waals surface area contributed by atoms with Gasteiger partial charge in [0, 0.05) is 29.2 Å². The molecule has 0 unspecified atom stereocenters. The average Bonchev–Trinajstić information content (AvgIpc) is 2.97. The molecule has 0 atom stereocenters. The minimum Gasteiger partial charge on any atom is -0.358 e. The number of nitrogens with zero attached hydrogens (tertiary/aromatic N) is 5. The zero-order valence-electron chi connectivity index (χ0n) is 12.3. The number of aromatic nitrogens is 3. The van der Waals surface area contributed by atoms with Crippen LogP contribution in [0.15, 0.2) is 30.5 Å². The maximum atomic E-state index is 11.1. The van der Waals surface area contributed by atoms with Crippen molar-refractivity contribution in [3.63, 3.8) is 0 Å². The Morgan fingerprint density at radius 1 is 1.25 bits per heavy atom. The molecule has 9 heteroatoms. The molecule has 0 amide bonds. The van der Waals surface area contributed by atoms with Crippen LogP contribution < -0.4 is 4.90 Å². The van der Waals surface area contributed by atoms with Crippen molar-refractivity contribution in [3.8, 4) is 0 Å². The lowest BCUT2D eigenvalue weighted by Crippen LogP contribution is -2.31. The molecule has 0 N–H and O–H groups in total.